The molecule has 3 heterocycles. The van der Waals surface area contributed by atoms with E-state index in [0.29, 0.717) is 18.3 Å². The van der Waals surface area contributed by atoms with Crippen LogP contribution in [0.15, 0.2) is 36.5 Å². The molecule has 8 heteroatoms. The molecule has 1 aromatic carbocycles. The average Bonchev–Trinajstić information content (AvgIpc) is 3.39. The second-order valence-corrected chi connectivity index (χ2v) is 7.87. The largest absolute Gasteiger partial charge is 0.368 e. The van der Waals surface area contributed by atoms with E-state index >= 15 is 0 Å². The quantitative estimate of drug-likeness (QED) is 0.686. The van der Waals surface area contributed by atoms with Crippen LogP contribution < -0.4 is 16.4 Å². The van der Waals surface area contributed by atoms with Crippen LogP contribution in [0.4, 0.5) is 5.69 Å². The third-order valence-corrected chi connectivity index (χ3v) is 5.75. The van der Waals surface area contributed by atoms with Crippen molar-refractivity contribution in [3.63, 3.8) is 0 Å². The second-order valence-electron chi connectivity index (χ2n) is 7.87. The number of aromatic nitrogens is 2. The first-order chi connectivity index (χ1) is 14.1. The molecule has 8 nitrogen and oxygen atoms in total. The van der Waals surface area contributed by atoms with Gasteiger partial charge in [0.1, 0.15) is 0 Å². The van der Waals surface area contributed by atoms with Crippen LogP contribution in [0.1, 0.15) is 47.8 Å². The third kappa shape index (κ3) is 4.65. The van der Waals surface area contributed by atoms with Gasteiger partial charge in [0.15, 0.2) is 5.69 Å². The number of carbonyl (C=O) groups is 2. The Morgan fingerprint density at radius 3 is 2.93 bits per heavy atom. The molecule has 0 radical (unpaired) electrons. The minimum absolute atomic E-state index is 0.202. The lowest BCUT2D eigenvalue weighted by molar-refractivity contribution is -0.122. The maximum atomic E-state index is 12.6. The first kappa shape index (κ1) is 19.6. The van der Waals surface area contributed by atoms with Crippen molar-refractivity contribution in [2.24, 2.45) is 5.73 Å². The summed E-state index contributed by atoms with van der Waals surface area (Å²) in [7, 11) is 0. The summed E-state index contributed by atoms with van der Waals surface area (Å²) in [5, 5.41) is 10.8. The normalized spacial score (nSPS) is 22.5. The van der Waals surface area contributed by atoms with Crippen molar-refractivity contribution in [2.45, 2.75) is 44.3 Å². The fourth-order valence-electron chi connectivity index (χ4n) is 4.24. The summed E-state index contributed by atoms with van der Waals surface area (Å²) in [4.78, 5) is 26.3. The molecule has 2 amide bonds. The number of piperidine rings is 1. The molecule has 2 unspecified atom stereocenters. The van der Waals surface area contributed by atoms with Crippen molar-refractivity contribution < 1.29 is 9.59 Å². The number of hydrogen-bond acceptors (Lipinski definition) is 5. The molecule has 2 fully saturated rings. The maximum Gasteiger partial charge on any atom is 0.276 e. The van der Waals surface area contributed by atoms with Crippen LogP contribution in [0.25, 0.3) is 0 Å². The van der Waals surface area contributed by atoms with Crippen molar-refractivity contribution in [2.75, 3.05) is 25.0 Å². The van der Waals surface area contributed by atoms with E-state index in [0.717, 1.165) is 56.6 Å². The number of hydrogen-bond donors (Lipinski definition) is 3. The van der Waals surface area contributed by atoms with Gasteiger partial charge in [-0.05, 0) is 62.5 Å². The Labute approximate surface area is 170 Å². The van der Waals surface area contributed by atoms with Crippen LogP contribution in [0.2, 0.25) is 0 Å². The Bertz CT molecular complexity index is 874. The van der Waals surface area contributed by atoms with Gasteiger partial charge in [-0.25, -0.2) is 0 Å². The van der Waals surface area contributed by atoms with Crippen LogP contribution in [0, 0.1) is 0 Å². The van der Waals surface area contributed by atoms with Gasteiger partial charge in [0.05, 0.1) is 12.1 Å². The zero-order chi connectivity index (χ0) is 20.2. The van der Waals surface area contributed by atoms with E-state index in [9.17, 15) is 9.59 Å². The molecule has 2 aromatic rings. The van der Waals surface area contributed by atoms with Gasteiger partial charge in [0, 0.05) is 25.0 Å². The number of nitrogens with two attached hydrogens (primary N) is 1. The SMILES string of the molecule is NC(=O)C1CCCN1Cc1cccc(NC(=O)c2ccn(C3CCCNC3)n2)c1. The highest BCUT2D eigenvalue weighted by Gasteiger charge is 2.28. The van der Waals surface area contributed by atoms with E-state index in [2.05, 4.69) is 20.6 Å². The molecule has 2 saturated heterocycles. The van der Waals surface area contributed by atoms with E-state index < -0.39 is 0 Å². The van der Waals surface area contributed by atoms with Crippen LogP contribution >= 0.6 is 0 Å². The molecule has 2 aliphatic rings. The smallest absolute Gasteiger partial charge is 0.276 e. The highest BCUT2D eigenvalue weighted by atomic mass is 16.2. The van der Waals surface area contributed by atoms with Crippen molar-refractivity contribution in [3.05, 3.63) is 47.8 Å². The van der Waals surface area contributed by atoms with E-state index in [4.69, 9.17) is 5.73 Å². The molecular weight excluding hydrogens is 368 g/mol. The van der Waals surface area contributed by atoms with Gasteiger partial charge in [0.25, 0.3) is 5.91 Å². The molecule has 4 N–H and O–H groups in total. The lowest BCUT2D eigenvalue weighted by Crippen LogP contribution is -2.39. The molecule has 2 atom stereocenters. The molecule has 29 heavy (non-hydrogen) atoms. The summed E-state index contributed by atoms with van der Waals surface area (Å²) in [6.45, 7) is 3.42. The van der Waals surface area contributed by atoms with Gasteiger partial charge < -0.3 is 16.4 Å². The fourth-order valence-corrected chi connectivity index (χ4v) is 4.24. The van der Waals surface area contributed by atoms with Crippen molar-refractivity contribution in [3.8, 4) is 0 Å². The molecule has 4 rings (SSSR count). The van der Waals surface area contributed by atoms with E-state index in [1.807, 2.05) is 35.1 Å². The zero-order valence-electron chi connectivity index (χ0n) is 16.5. The number of rotatable bonds is 6. The van der Waals surface area contributed by atoms with Crippen LogP contribution in [0.5, 0.6) is 0 Å². The predicted molar refractivity (Wildman–Crippen MR) is 110 cm³/mol. The number of primary amides is 1. The Morgan fingerprint density at radius 1 is 1.24 bits per heavy atom. The molecule has 154 valence electrons. The van der Waals surface area contributed by atoms with Crippen molar-refractivity contribution in [1.29, 1.82) is 0 Å². The van der Waals surface area contributed by atoms with Gasteiger partial charge >= 0.3 is 0 Å². The zero-order valence-corrected chi connectivity index (χ0v) is 16.5. The Kier molecular flexibility index (Phi) is 5.92. The van der Waals surface area contributed by atoms with Gasteiger partial charge in [-0.2, -0.15) is 5.10 Å². The van der Waals surface area contributed by atoms with Crippen LogP contribution in [0.3, 0.4) is 0 Å². The summed E-state index contributed by atoms with van der Waals surface area (Å²) in [6, 6.07) is 9.56. The molecular formula is C21H28N6O2. The minimum Gasteiger partial charge on any atom is -0.368 e. The third-order valence-electron chi connectivity index (χ3n) is 5.75. The Balaban J connectivity index is 1.39. The first-order valence-corrected chi connectivity index (χ1v) is 10.3. The number of likely N-dealkylation sites (tertiary alicyclic amines) is 1. The van der Waals surface area contributed by atoms with Gasteiger partial charge in [-0.1, -0.05) is 12.1 Å². The van der Waals surface area contributed by atoms with Gasteiger partial charge in [0.2, 0.25) is 5.91 Å². The molecule has 1 aromatic heterocycles. The van der Waals surface area contributed by atoms with Crippen molar-refractivity contribution in [1.82, 2.24) is 20.0 Å². The monoisotopic (exact) mass is 396 g/mol. The number of carbonyl (C=O) groups excluding carboxylic acids is 2. The lowest BCUT2D eigenvalue weighted by atomic mass is 10.1. The molecule has 2 aliphatic heterocycles. The topological polar surface area (TPSA) is 105 Å². The van der Waals surface area contributed by atoms with Crippen LogP contribution in [-0.2, 0) is 11.3 Å². The first-order valence-electron chi connectivity index (χ1n) is 10.3. The highest BCUT2D eigenvalue weighted by Crippen LogP contribution is 2.22. The van der Waals surface area contributed by atoms with Gasteiger partial charge in [-0.3, -0.25) is 19.2 Å². The van der Waals surface area contributed by atoms with E-state index in [1.165, 1.54) is 0 Å². The molecule has 0 bridgehead atoms. The number of benzene rings is 1. The minimum atomic E-state index is -0.268. The summed E-state index contributed by atoms with van der Waals surface area (Å²) >= 11 is 0. The molecule has 0 saturated carbocycles. The standard InChI is InChI=1S/C21H28N6O2/c22-20(28)19-7-3-10-26(19)14-15-4-1-5-16(12-15)24-21(29)18-8-11-27(25-18)17-6-2-9-23-13-17/h1,4-5,8,11-12,17,19,23H,2-3,6-7,9-10,13-14H2,(H2,22,28)(H,24,29). The summed E-state index contributed by atoms with van der Waals surface area (Å²) in [6.07, 6.45) is 5.85. The van der Waals surface area contributed by atoms with E-state index in [1.54, 1.807) is 6.07 Å². The molecule has 0 aliphatic carbocycles. The summed E-state index contributed by atoms with van der Waals surface area (Å²) < 4.78 is 1.88. The van der Waals surface area contributed by atoms with Crippen LogP contribution in [-0.4, -0.2) is 52.2 Å². The maximum absolute atomic E-state index is 12.6. The summed E-state index contributed by atoms with van der Waals surface area (Å²) in [5.74, 6) is -0.489. The fraction of sp³-hybridized carbons (Fsp3) is 0.476. The Hall–Kier alpha value is -2.71. The molecule has 0 spiro atoms. The van der Waals surface area contributed by atoms with Crippen molar-refractivity contribution >= 4 is 17.5 Å². The highest BCUT2D eigenvalue weighted by molar-refractivity contribution is 6.02. The Morgan fingerprint density at radius 2 is 2.14 bits per heavy atom. The average molecular weight is 396 g/mol. The summed E-state index contributed by atoms with van der Waals surface area (Å²) in [5.41, 5.74) is 7.67. The second kappa shape index (κ2) is 8.75. The lowest BCUT2D eigenvalue weighted by Gasteiger charge is -2.22. The van der Waals surface area contributed by atoms with Gasteiger partial charge in [-0.15, -0.1) is 0 Å². The number of anilines is 1. The number of nitrogens with zero attached hydrogens (tertiary/aromatic N) is 3. The number of nitrogens with one attached hydrogen (secondary N) is 2. The number of amides is 2. The predicted octanol–water partition coefficient (Wildman–Crippen LogP) is 1.51. The van der Waals surface area contributed by atoms with E-state index in [-0.39, 0.29) is 17.9 Å².